The molecule has 3 rings (SSSR count). The van der Waals surface area contributed by atoms with Crippen molar-refractivity contribution in [2.75, 3.05) is 14.2 Å². The molecule has 0 atom stereocenters. The first-order valence-corrected chi connectivity index (χ1v) is 11.7. The number of amides is 2. The highest BCUT2D eigenvalue weighted by Gasteiger charge is 2.15. The lowest BCUT2D eigenvalue weighted by Crippen LogP contribution is -2.32. The Bertz CT molecular complexity index is 1290. The second-order valence-corrected chi connectivity index (χ2v) is 8.79. The molecule has 35 heavy (non-hydrogen) atoms. The van der Waals surface area contributed by atoms with E-state index in [2.05, 4.69) is 47.7 Å². The molecular weight excluding hydrogens is 582 g/mol. The van der Waals surface area contributed by atoms with Gasteiger partial charge in [-0.15, -0.1) is 0 Å². The maximum Gasteiger partial charge on any atom is 0.287 e. The first-order valence-electron chi connectivity index (χ1n) is 10.1. The Labute approximate surface area is 218 Å². The third kappa shape index (κ3) is 6.93. The predicted molar refractivity (Wildman–Crippen MR) is 141 cm³/mol. The van der Waals surface area contributed by atoms with Crippen molar-refractivity contribution in [3.63, 3.8) is 0 Å². The van der Waals surface area contributed by atoms with Crippen molar-refractivity contribution >= 4 is 56.0 Å². The number of aromatic hydroxyl groups is 1. The van der Waals surface area contributed by atoms with E-state index < -0.39 is 11.8 Å². The highest BCUT2D eigenvalue weighted by molar-refractivity contribution is 9.11. The molecule has 3 aromatic carbocycles. The molecule has 2 amide bonds. The second-order valence-electron chi connectivity index (χ2n) is 7.02. The summed E-state index contributed by atoms with van der Waals surface area (Å²) in [6.45, 7) is 0. The molecular formula is C25H21Br2N3O5. The fourth-order valence-corrected chi connectivity index (χ4v) is 4.21. The molecule has 0 saturated heterocycles. The monoisotopic (exact) mass is 601 g/mol. The Hall–Kier alpha value is -3.63. The Morgan fingerprint density at radius 3 is 2.37 bits per heavy atom. The number of hydrogen-bond donors (Lipinski definition) is 3. The zero-order valence-electron chi connectivity index (χ0n) is 18.7. The molecule has 180 valence electrons. The van der Waals surface area contributed by atoms with E-state index in [0.717, 1.165) is 0 Å². The van der Waals surface area contributed by atoms with Crippen molar-refractivity contribution in [1.29, 1.82) is 0 Å². The van der Waals surface area contributed by atoms with Crippen molar-refractivity contribution in [2.45, 2.75) is 0 Å². The molecule has 0 bridgehead atoms. The summed E-state index contributed by atoms with van der Waals surface area (Å²) in [5.74, 6) is -0.193. The standard InChI is InChI=1S/C25H21Br2N3O5/c1-34-21-9-8-15(11-22(21)35-2)10-20(29-24(32)16-6-4-3-5-7-16)25(33)30-28-14-17-12-18(26)13-19(27)23(17)31/h3-14,31H,1-2H3,(H,29,32)(H,30,33)/b20-10+,28-14+. The lowest BCUT2D eigenvalue weighted by atomic mass is 10.1. The number of nitrogens with one attached hydrogen (secondary N) is 2. The van der Waals surface area contributed by atoms with E-state index in [1.165, 1.54) is 26.5 Å². The van der Waals surface area contributed by atoms with E-state index in [4.69, 9.17) is 9.47 Å². The van der Waals surface area contributed by atoms with E-state index in [9.17, 15) is 14.7 Å². The van der Waals surface area contributed by atoms with Gasteiger partial charge in [-0.3, -0.25) is 9.59 Å². The minimum absolute atomic E-state index is 0.0373. The number of ether oxygens (including phenoxy) is 2. The van der Waals surface area contributed by atoms with Gasteiger partial charge in [-0.25, -0.2) is 5.43 Å². The van der Waals surface area contributed by atoms with Gasteiger partial charge in [-0.1, -0.05) is 40.2 Å². The van der Waals surface area contributed by atoms with Crippen LogP contribution in [0.2, 0.25) is 0 Å². The van der Waals surface area contributed by atoms with E-state index >= 15 is 0 Å². The third-order valence-electron chi connectivity index (χ3n) is 4.67. The van der Waals surface area contributed by atoms with Crippen LogP contribution in [0.5, 0.6) is 17.2 Å². The lowest BCUT2D eigenvalue weighted by molar-refractivity contribution is -0.117. The molecule has 0 aliphatic rings. The van der Waals surface area contributed by atoms with Crippen LogP contribution in [0.25, 0.3) is 6.08 Å². The van der Waals surface area contributed by atoms with Gasteiger partial charge in [0.2, 0.25) is 0 Å². The lowest BCUT2D eigenvalue weighted by Gasteiger charge is -2.11. The van der Waals surface area contributed by atoms with Gasteiger partial charge in [0.15, 0.2) is 11.5 Å². The van der Waals surface area contributed by atoms with Crippen molar-refractivity contribution < 1.29 is 24.2 Å². The van der Waals surface area contributed by atoms with Crippen LogP contribution in [-0.2, 0) is 4.79 Å². The summed E-state index contributed by atoms with van der Waals surface area (Å²) in [6, 6.07) is 16.9. The Morgan fingerprint density at radius 1 is 0.971 bits per heavy atom. The average Bonchev–Trinajstić information content (AvgIpc) is 2.86. The molecule has 3 aromatic rings. The molecule has 8 nitrogen and oxygen atoms in total. The number of phenols is 1. The number of hydrogen-bond acceptors (Lipinski definition) is 6. The maximum atomic E-state index is 13.0. The van der Waals surface area contributed by atoms with E-state index in [1.807, 2.05) is 0 Å². The minimum atomic E-state index is -0.672. The third-order valence-corrected chi connectivity index (χ3v) is 5.74. The molecule has 0 unspecified atom stereocenters. The summed E-state index contributed by atoms with van der Waals surface area (Å²) < 4.78 is 11.7. The summed E-state index contributed by atoms with van der Waals surface area (Å²) >= 11 is 6.58. The van der Waals surface area contributed by atoms with Crippen LogP contribution >= 0.6 is 31.9 Å². The van der Waals surface area contributed by atoms with Gasteiger partial charge in [0, 0.05) is 15.6 Å². The predicted octanol–water partition coefficient (Wildman–Crippen LogP) is 4.86. The highest BCUT2D eigenvalue weighted by atomic mass is 79.9. The molecule has 0 aliphatic heterocycles. The number of nitrogens with zero attached hydrogens (tertiary/aromatic N) is 1. The van der Waals surface area contributed by atoms with Crippen LogP contribution in [0.15, 0.2) is 80.4 Å². The van der Waals surface area contributed by atoms with Gasteiger partial charge < -0.3 is 19.9 Å². The van der Waals surface area contributed by atoms with Crippen molar-refractivity contribution in [3.8, 4) is 17.2 Å². The SMILES string of the molecule is COc1ccc(/C=C(/NC(=O)c2ccccc2)C(=O)N/N=C/c2cc(Br)cc(Br)c2O)cc1OC. The molecule has 10 heteroatoms. The number of rotatable bonds is 8. The van der Waals surface area contributed by atoms with Crippen LogP contribution in [0.4, 0.5) is 0 Å². The summed E-state index contributed by atoms with van der Waals surface area (Å²) in [5.41, 5.74) is 3.65. The summed E-state index contributed by atoms with van der Waals surface area (Å²) in [4.78, 5) is 25.7. The number of hydrazone groups is 1. The minimum Gasteiger partial charge on any atom is -0.506 e. The molecule has 0 fully saturated rings. The first kappa shape index (κ1) is 26.0. The largest absolute Gasteiger partial charge is 0.506 e. The number of halogens is 2. The Kier molecular flexibility index (Phi) is 9.04. The van der Waals surface area contributed by atoms with Crippen LogP contribution in [0.1, 0.15) is 21.5 Å². The van der Waals surface area contributed by atoms with Gasteiger partial charge in [0.05, 0.1) is 24.9 Å². The maximum absolute atomic E-state index is 13.0. The Balaban J connectivity index is 1.89. The van der Waals surface area contributed by atoms with Gasteiger partial charge in [-0.05, 0) is 64.0 Å². The van der Waals surface area contributed by atoms with Gasteiger partial charge >= 0.3 is 0 Å². The topological polar surface area (TPSA) is 109 Å². The first-order chi connectivity index (χ1) is 16.8. The number of carbonyl (C=O) groups excluding carboxylic acids is 2. The molecule has 0 radical (unpaired) electrons. The summed E-state index contributed by atoms with van der Waals surface area (Å²) in [6.07, 6.45) is 2.77. The smallest absolute Gasteiger partial charge is 0.287 e. The zero-order chi connectivity index (χ0) is 25.4. The highest BCUT2D eigenvalue weighted by Crippen LogP contribution is 2.31. The number of carbonyl (C=O) groups is 2. The van der Waals surface area contributed by atoms with Crippen LogP contribution in [0, 0.1) is 0 Å². The normalized spacial score (nSPS) is 11.3. The van der Waals surface area contributed by atoms with Gasteiger partial charge in [-0.2, -0.15) is 5.10 Å². The summed E-state index contributed by atoms with van der Waals surface area (Å²) in [5, 5.41) is 16.7. The van der Waals surface area contributed by atoms with Crippen LogP contribution in [0.3, 0.4) is 0 Å². The Morgan fingerprint density at radius 2 is 1.69 bits per heavy atom. The molecule has 0 heterocycles. The molecule has 0 aromatic heterocycles. The fourth-order valence-electron chi connectivity index (χ4n) is 2.96. The average molecular weight is 603 g/mol. The molecule has 3 N–H and O–H groups in total. The zero-order valence-corrected chi connectivity index (χ0v) is 21.9. The van der Waals surface area contributed by atoms with Crippen molar-refractivity contribution in [3.05, 3.63) is 92.0 Å². The number of phenolic OH excluding ortho intramolecular Hbond substituents is 1. The number of benzene rings is 3. The molecule has 0 spiro atoms. The summed E-state index contributed by atoms with van der Waals surface area (Å²) in [7, 11) is 3.02. The molecule has 0 saturated carbocycles. The molecule has 0 aliphatic carbocycles. The van der Waals surface area contributed by atoms with Crippen molar-refractivity contribution in [2.24, 2.45) is 5.10 Å². The quantitative estimate of drug-likeness (QED) is 0.194. The second kappa shape index (κ2) is 12.2. The van der Waals surface area contributed by atoms with E-state index in [-0.39, 0.29) is 11.4 Å². The van der Waals surface area contributed by atoms with Gasteiger partial charge in [0.25, 0.3) is 11.8 Å². The van der Waals surface area contributed by atoms with E-state index in [0.29, 0.717) is 37.1 Å². The van der Waals surface area contributed by atoms with Crippen LogP contribution < -0.4 is 20.2 Å². The van der Waals surface area contributed by atoms with E-state index in [1.54, 1.807) is 60.7 Å². The fraction of sp³-hybridized carbons (Fsp3) is 0.0800. The van der Waals surface area contributed by atoms with Crippen molar-refractivity contribution in [1.82, 2.24) is 10.7 Å². The van der Waals surface area contributed by atoms with Crippen LogP contribution in [-0.4, -0.2) is 37.4 Å². The van der Waals surface area contributed by atoms with Gasteiger partial charge in [0.1, 0.15) is 11.4 Å². The number of methoxy groups -OCH3 is 2.